The number of nitrogens with one attached hydrogen (secondary N) is 3. The minimum absolute atomic E-state index is 0.00935. The lowest BCUT2D eigenvalue weighted by molar-refractivity contribution is 0.0847. The monoisotopic (exact) mass is 423 g/mol. The number of carbonyl (C=O) groups excluding carboxylic acids is 2. The number of nitrogens with zero attached hydrogens (tertiary/aromatic N) is 2. The van der Waals surface area contributed by atoms with Crippen LogP contribution >= 0.6 is 0 Å². The van der Waals surface area contributed by atoms with Gasteiger partial charge >= 0.3 is 5.69 Å². The maximum atomic E-state index is 12.9. The van der Waals surface area contributed by atoms with E-state index in [0.29, 0.717) is 11.3 Å². The van der Waals surface area contributed by atoms with Gasteiger partial charge in [0.15, 0.2) is 5.65 Å². The Balaban J connectivity index is 1.98. The van der Waals surface area contributed by atoms with E-state index in [2.05, 4.69) is 20.8 Å². The summed E-state index contributed by atoms with van der Waals surface area (Å²) in [6.45, 7) is 7.80. The van der Waals surface area contributed by atoms with Gasteiger partial charge in [-0.1, -0.05) is 32.9 Å². The number of aromatic amines is 1. The molecular weight excluding hydrogens is 398 g/mol. The number of hydrazine groups is 1. The van der Waals surface area contributed by atoms with Gasteiger partial charge in [0.25, 0.3) is 17.4 Å². The van der Waals surface area contributed by atoms with Crippen LogP contribution in [-0.2, 0) is 13.0 Å². The van der Waals surface area contributed by atoms with Crippen LogP contribution in [-0.4, -0.2) is 26.3 Å². The van der Waals surface area contributed by atoms with Crippen molar-refractivity contribution < 1.29 is 9.59 Å². The van der Waals surface area contributed by atoms with Crippen molar-refractivity contribution in [3.63, 3.8) is 0 Å². The largest absolute Gasteiger partial charge is 0.329 e. The number of H-pyrrole nitrogens is 1. The third-order valence-electron chi connectivity index (χ3n) is 5.03. The van der Waals surface area contributed by atoms with E-state index < -0.39 is 23.1 Å². The Labute approximate surface area is 178 Å². The maximum absolute atomic E-state index is 12.9. The minimum Gasteiger partial charge on any atom is -0.278 e. The third-order valence-corrected chi connectivity index (χ3v) is 5.03. The van der Waals surface area contributed by atoms with Gasteiger partial charge < -0.3 is 0 Å². The average molecular weight is 423 g/mol. The van der Waals surface area contributed by atoms with Crippen molar-refractivity contribution in [2.45, 2.75) is 46.6 Å². The number of benzene rings is 1. The first-order valence-electron chi connectivity index (χ1n) is 10.1. The standard InChI is InChI=1S/C22H25N5O4/c1-5-13-7-9-14(10-8-13)19(28)25-26-20(29)15-11-16(12(3)4)23-18-17(15)21(30)24-22(31)27(18)6-2/h7-12H,5-6H2,1-4H3,(H,25,28)(H,26,29)(H,24,30,31). The number of amides is 2. The van der Waals surface area contributed by atoms with Crippen LogP contribution in [0.1, 0.15) is 65.6 Å². The Kier molecular flexibility index (Phi) is 6.33. The van der Waals surface area contributed by atoms with Crippen LogP contribution < -0.4 is 22.1 Å². The van der Waals surface area contributed by atoms with Gasteiger partial charge in [-0.25, -0.2) is 9.78 Å². The van der Waals surface area contributed by atoms with E-state index in [1.54, 1.807) is 19.1 Å². The highest BCUT2D eigenvalue weighted by Crippen LogP contribution is 2.19. The minimum atomic E-state index is -0.709. The zero-order valence-corrected chi connectivity index (χ0v) is 17.9. The smallest absolute Gasteiger partial charge is 0.278 e. The number of pyridine rings is 1. The summed E-state index contributed by atoms with van der Waals surface area (Å²) in [4.78, 5) is 56.7. The number of aromatic nitrogens is 3. The molecule has 2 heterocycles. The van der Waals surface area contributed by atoms with Gasteiger partial charge in [-0.15, -0.1) is 0 Å². The molecule has 0 radical (unpaired) electrons. The summed E-state index contributed by atoms with van der Waals surface area (Å²) in [5.74, 6) is -1.22. The Hall–Kier alpha value is -3.75. The quantitative estimate of drug-likeness (QED) is 0.540. The first-order chi connectivity index (χ1) is 14.8. The lowest BCUT2D eigenvalue weighted by Crippen LogP contribution is -2.42. The van der Waals surface area contributed by atoms with Crippen LogP contribution in [0.4, 0.5) is 0 Å². The first kappa shape index (κ1) is 21.9. The van der Waals surface area contributed by atoms with Gasteiger partial charge in [0.05, 0.1) is 10.9 Å². The summed E-state index contributed by atoms with van der Waals surface area (Å²) in [7, 11) is 0. The van der Waals surface area contributed by atoms with Gasteiger partial charge in [-0.3, -0.25) is 34.8 Å². The molecule has 0 bridgehead atoms. The average Bonchev–Trinajstić information content (AvgIpc) is 2.76. The number of carbonyl (C=O) groups is 2. The van der Waals surface area contributed by atoms with Crippen molar-refractivity contribution in [3.8, 4) is 0 Å². The molecule has 0 spiro atoms. The highest BCUT2D eigenvalue weighted by molar-refractivity contribution is 6.06. The van der Waals surface area contributed by atoms with E-state index in [9.17, 15) is 19.2 Å². The molecule has 9 heteroatoms. The molecule has 2 aromatic heterocycles. The van der Waals surface area contributed by atoms with E-state index >= 15 is 0 Å². The molecule has 0 saturated carbocycles. The molecule has 9 nitrogen and oxygen atoms in total. The molecule has 2 amide bonds. The first-order valence-corrected chi connectivity index (χ1v) is 10.1. The van der Waals surface area contributed by atoms with Gasteiger partial charge in [-0.2, -0.15) is 0 Å². The second kappa shape index (κ2) is 8.95. The summed E-state index contributed by atoms with van der Waals surface area (Å²) in [5.41, 5.74) is 5.61. The van der Waals surface area contributed by atoms with E-state index in [-0.39, 0.29) is 29.1 Å². The number of hydrogen-bond donors (Lipinski definition) is 3. The molecule has 3 aromatic rings. The lowest BCUT2D eigenvalue weighted by atomic mass is 10.0. The van der Waals surface area contributed by atoms with Crippen molar-refractivity contribution >= 4 is 22.8 Å². The number of rotatable bonds is 5. The second-order valence-electron chi connectivity index (χ2n) is 7.41. The summed E-state index contributed by atoms with van der Waals surface area (Å²) in [6, 6.07) is 8.52. The molecule has 0 unspecified atom stereocenters. The van der Waals surface area contributed by atoms with Crippen molar-refractivity contribution in [3.05, 3.63) is 73.6 Å². The molecule has 0 aliphatic rings. The molecule has 31 heavy (non-hydrogen) atoms. The molecule has 162 valence electrons. The predicted molar refractivity (Wildman–Crippen MR) is 117 cm³/mol. The highest BCUT2D eigenvalue weighted by atomic mass is 16.2. The van der Waals surface area contributed by atoms with Gasteiger partial charge in [0.1, 0.15) is 0 Å². The molecular formula is C22H25N5O4. The van der Waals surface area contributed by atoms with Gasteiger partial charge in [0.2, 0.25) is 0 Å². The van der Waals surface area contributed by atoms with Crippen LogP contribution in [0, 0.1) is 0 Å². The highest BCUT2D eigenvalue weighted by Gasteiger charge is 2.20. The molecule has 3 N–H and O–H groups in total. The maximum Gasteiger partial charge on any atom is 0.329 e. The molecule has 0 aliphatic carbocycles. The van der Waals surface area contributed by atoms with Crippen molar-refractivity contribution in [1.82, 2.24) is 25.4 Å². The third kappa shape index (κ3) is 4.40. The SMILES string of the molecule is CCc1ccc(C(=O)NNC(=O)c2cc(C(C)C)nc3c2c(=O)[nH]c(=O)n3CC)cc1. The fraction of sp³-hybridized carbons (Fsp3) is 0.318. The van der Waals surface area contributed by atoms with E-state index in [4.69, 9.17) is 0 Å². The van der Waals surface area contributed by atoms with Crippen molar-refractivity contribution in [1.29, 1.82) is 0 Å². The van der Waals surface area contributed by atoms with Crippen LogP contribution in [0.5, 0.6) is 0 Å². The zero-order chi connectivity index (χ0) is 22.7. The Bertz CT molecular complexity index is 1260. The summed E-state index contributed by atoms with van der Waals surface area (Å²) in [6.07, 6.45) is 0.851. The molecule has 0 fully saturated rings. The lowest BCUT2D eigenvalue weighted by Gasteiger charge is -2.14. The predicted octanol–water partition coefficient (Wildman–Crippen LogP) is 1.87. The fourth-order valence-electron chi connectivity index (χ4n) is 3.21. The van der Waals surface area contributed by atoms with Crippen molar-refractivity contribution in [2.24, 2.45) is 0 Å². The fourth-order valence-corrected chi connectivity index (χ4v) is 3.21. The molecule has 3 rings (SSSR count). The summed E-state index contributed by atoms with van der Waals surface area (Å²) >= 11 is 0. The molecule has 1 aromatic carbocycles. The number of fused-ring (bicyclic) bond motifs is 1. The van der Waals surface area contributed by atoms with E-state index in [1.165, 1.54) is 10.6 Å². The summed E-state index contributed by atoms with van der Waals surface area (Å²) < 4.78 is 1.30. The van der Waals surface area contributed by atoms with Crippen LogP contribution in [0.25, 0.3) is 11.0 Å². The van der Waals surface area contributed by atoms with Crippen LogP contribution in [0.2, 0.25) is 0 Å². The summed E-state index contributed by atoms with van der Waals surface area (Å²) in [5, 5.41) is -0.00935. The Morgan fingerprint density at radius 3 is 2.29 bits per heavy atom. The topological polar surface area (TPSA) is 126 Å². The Morgan fingerprint density at radius 2 is 1.71 bits per heavy atom. The second-order valence-corrected chi connectivity index (χ2v) is 7.41. The number of aryl methyl sites for hydroxylation is 2. The Morgan fingerprint density at radius 1 is 1.06 bits per heavy atom. The number of hydrogen-bond acceptors (Lipinski definition) is 5. The van der Waals surface area contributed by atoms with Gasteiger partial charge in [-0.05, 0) is 43.0 Å². The molecule has 0 saturated heterocycles. The van der Waals surface area contributed by atoms with Crippen LogP contribution in [0.3, 0.4) is 0 Å². The molecule has 0 aliphatic heterocycles. The molecule has 0 atom stereocenters. The van der Waals surface area contributed by atoms with Crippen molar-refractivity contribution in [2.75, 3.05) is 0 Å². The van der Waals surface area contributed by atoms with Gasteiger partial charge in [0, 0.05) is 17.8 Å². The van der Waals surface area contributed by atoms with E-state index in [1.807, 2.05) is 32.9 Å². The van der Waals surface area contributed by atoms with E-state index in [0.717, 1.165) is 12.0 Å². The zero-order valence-electron chi connectivity index (χ0n) is 17.9. The normalized spacial score (nSPS) is 11.0. The van der Waals surface area contributed by atoms with Crippen LogP contribution in [0.15, 0.2) is 39.9 Å².